The fourth-order valence-corrected chi connectivity index (χ4v) is 4.59. The molecular formula is C22H34N6O5S. The molecule has 0 aliphatic carbocycles. The molecule has 2 amide bonds. The van der Waals surface area contributed by atoms with Crippen molar-refractivity contribution in [1.82, 2.24) is 14.9 Å². The van der Waals surface area contributed by atoms with Gasteiger partial charge in [-0.05, 0) is 44.6 Å². The van der Waals surface area contributed by atoms with Crippen molar-refractivity contribution in [2.45, 2.75) is 57.2 Å². The van der Waals surface area contributed by atoms with Gasteiger partial charge in [0.25, 0.3) is 0 Å². The molecule has 1 saturated heterocycles. The Balaban J connectivity index is 2.10. The molecule has 1 aromatic carbocycles. The number of hydrogen-bond donors (Lipinski definition) is 4. The molecule has 1 heterocycles. The van der Waals surface area contributed by atoms with Gasteiger partial charge in [-0.15, -0.1) is 0 Å². The molecule has 34 heavy (non-hydrogen) atoms. The summed E-state index contributed by atoms with van der Waals surface area (Å²) in [5.41, 5.74) is 11.3. The molecule has 1 aliphatic rings. The molecule has 6 N–H and O–H groups in total. The van der Waals surface area contributed by atoms with Crippen LogP contribution in [-0.2, 0) is 30.8 Å². The molecule has 0 saturated carbocycles. The van der Waals surface area contributed by atoms with E-state index in [0.29, 0.717) is 45.1 Å². The zero-order valence-corrected chi connectivity index (χ0v) is 20.2. The van der Waals surface area contributed by atoms with E-state index >= 15 is 0 Å². The number of nitrogens with two attached hydrogens (primary N) is 2. The normalized spacial score (nSPS) is 17.6. The van der Waals surface area contributed by atoms with Gasteiger partial charge in [-0.3, -0.25) is 14.6 Å². The Kier molecular flexibility index (Phi) is 10.5. The second-order valence-electron chi connectivity index (χ2n) is 8.15. The number of amides is 2. The summed E-state index contributed by atoms with van der Waals surface area (Å²) < 4.78 is 27.0. The number of guanidine groups is 1. The molecule has 1 aromatic rings. The van der Waals surface area contributed by atoms with Crippen LogP contribution in [0.5, 0.6) is 0 Å². The summed E-state index contributed by atoms with van der Waals surface area (Å²) in [6.45, 7) is 2.15. The van der Waals surface area contributed by atoms with E-state index in [1.807, 2.05) is 30.3 Å². The van der Waals surface area contributed by atoms with E-state index in [0.717, 1.165) is 5.56 Å². The van der Waals surface area contributed by atoms with Crippen LogP contribution < -0.4 is 21.5 Å². The van der Waals surface area contributed by atoms with E-state index < -0.39 is 40.0 Å². The molecule has 1 aliphatic heterocycles. The highest BCUT2D eigenvalue weighted by Gasteiger charge is 2.38. The van der Waals surface area contributed by atoms with E-state index in [2.05, 4.69) is 15.0 Å². The van der Waals surface area contributed by atoms with Gasteiger partial charge in [-0.25, -0.2) is 13.1 Å². The summed E-state index contributed by atoms with van der Waals surface area (Å²) >= 11 is 0. The summed E-state index contributed by atoms with van der Waals surface area (Å²) in [4.78, 5) is 43.0. The number of aldehydes is 1. The highest BCUT2D eigenvalue weighted by molar-refractivity contribution is 7.89. The number of hydrogen-bond acceptors (Lipinski definition) is 6. The maximum atomic E-state index is 13.4. The standard InChI is InChI=1S/C22H34N6O5S/c1-2-34(32,33)27-18(14-16-8-4-3-5-9-16)21(31)28-13-7-11-19(28)20(30)26-17(15-29)10-6-12-25-22(23)24/h3-5,8-9,15,17-19,27H,2,6-7,10-14H2,1H3,(H,26,30)(H4,23,24,25)/t17-,18+,19-/m0/s1. The summed E-state index contributed by atoms with van der Waals surface area (Å²) in [6, 6.07) is 6.51. The number of sulfonamides is 1. The first-order valence-electron chi connectivity index (χ1n) is 11.3. The molecule has 0 aromatic heterocycles. The average Bonchev–Trinajstić information content (AvgIpc) is 3.30. The predicted molar refractivity (Wildman–Crippen MR) is 129 cm³/mol. The van der Waals surface area contributed by atoms with E-state index in [9.17, 15) is 22.8 Å². The molecule has 188 valence electrons. The number of aliphatic imine (C=N–C) groups is 1. The van der Waals surface area contributed by atoms with Crippen LogP contribution in [-0.4, -0.2) is 74.3 Å². The third kappa shape index (κ3) is 8.41. The molecule has 2 rings (SSSR count). The van der Waals surface area contributed by atoms with Crippen LogP contribution in [0, 0.1) is 0 Å². The van der Waals surface area contributed by atoms with Crippen molar-refractivity contribution in [2.24, 2.45) is 16.5 Å². The number of nitrogens with zero attached hydrogens (tertiary/aromatic N) is 2. The largest absolute Gasteiger partial charge is 0.370 e. The molecule has 0 spiro atoms. The molecule has 0 unspecified atom stereocenters. The number of carbonyl (C=O) groups is 3. The van der Waals surface area contributed by atoms with Gasteiger partial charge in [0, 0.05) is 13.1 Å². The molecular weight excluding hydrogens is 460 g/mol. The van der Waals surface area contributed by atoms with Crippen LogP contribution in [0.3, 0.4) is 0 Å². The van der Waals surface area contributed by atoms with Gasteiger partial charge >= 0.3 is 0 Å². The molecule has 1 fully saturated rings. The average molecular weight is 495 g/mol. The van der Waals surface area contributed by atoms with Gasteiger partial charge in [0.2, 0.25) is 21.8 Å². The Bertz CT molecular complexity index is 965. The zero-order chi connectivity index (χ0) is 25.1. The first-order chi connectivity index (χ1) is 16.2. The van der Waals surface area contributed by atoms with Crippen molar-refractivity contribution in [3.63, 3.8) is 0 Å². The number of benzene rings is 1. The fraction of sp³-hybridized carbons (Fsp3) is 0.545. The lowest BCUT2D eigenvalue weighted by Gasteiger charge is -2.29. The van der Waals surface area contributed by atoms with Crippen LogP contribution >= 0.6 is 0 Å². The predicted octanol–water partition coefficient (Wildman–Crippen LogP) is -0.735. The number of nitrogens with one attached hydrogen (secondary N) is 2. The Morgan fingerprint density at radius 3 is 2.59 bits per heavy atom. The lowest BCUT2D eigenvalue weighted by molar-refractivity contribution is -0.140. The monoisotopic (exact) mass is 494 g/mol. The van der Waals surface area contributed by atoms with Crippen molar-refractivity contribution >= 4 is 34.1 Å². The van der Waals surface area contributed by atoms with Crippen molar-refractivity contribution < 1.29 is 22.8 Å². The van der Waals surface area contributed by atoms with Gasteiger partial charge < -0.3 is 26.5 Å². The summed E-state index contributed by atoms with van der Waals surface area (Å²) in [7, 11) is -3.67. The van der Waals surface area contributed by atoms with E-state index in [1.165, 1.54) is 11.8 Å². The first-order valence-corrected chi connectivity index (χ1v) is 13.0. The SMILES string of the molecule is CCS(=O)(=O)N[C@H](Cc1ccccc1)C(=O)N1CCC[C@H]1C(=O)N[C@H](C=O)CCCN=C(N)N. The number of carbonyl (C=O) groups excluding carboxylic acids is 3. The number of likely N-dealkylation sites (tertiary alicyclic amines) is 1. The van der Waals surface area contributed by atoms with E-state index in [1.54, 1.807) is 0 Å². The zero-order valence-electron chi connectivity index (χ0n) is 19.4. The fourth-order valence-electron chi connectivity index (χ4n) is 3.81. The van der Waals surface area contributed by atoms with Crippen LogP contribution in [0.2, 0.25) is 0 Å². The van der Waals surface area contributed by atoms with Crippen molar-refractivity contribution in [2.75, 3.05) is 18.8 Å². The van der Waals surface area contributed by atoms with Crippen LogP contribution in [0.4, 0.5) is 0 Å². The van der Waals surface area contributed by atoms with Crippen LogP contribution in [0.25, 0.3) is 0 Å². The maximum Gasteiger partial charge on any atom is 0.243 e. The second-order valence-corrected chi connectivity index (χ2v) is 10.2. The molecule has 0 radical (unpaired) electrons. The summed E-state index contributed by atoms with van der Waals surface area (Å²) in [6.07, 6.45) is 2.66. The van der Waals surface area contributed by atoms with Gasteiger partial charge in [0.15, 0.2) is 5.96 Å². The molecule has 11 nitrogen and oxygen atoms in total. The van der Waals surface area contributed by atoms with Crippen molar-refractivity contribution in [3.8, 4) is 0 Å². The maximum absolute atomic E-state index is 13.4. The van der Waals surface area contributed by atoms with E-state index in [4.69, 9.17) is 11.5 Å². The minimum Gasteiger partial charge on any atom is -0.370 e. The molecule has 0 bridgehead atoms. The summed E-state index contributed by atoms with van der Waals surface area (Å²) in [5.74, 6) is -1.12. The van der Waals surface area contributed by atoms with Crippen LogP contribution in [0.15, 0.2) is 35.3 Å². The Labute approximate surface area is 200 Å². The van der Waals surface area contributed by atoms with Crippen LogP contribution in [0.1, 0.15) is 38.2 Å². The summed E-state index contributed by atoms with van der Waals surface area (Å²) in [5, 5.41) is 2.68. The van der Waals surface area contributed by atoms with Gasteiger partial charge in [-0.2, -0.15) is 0 Å². The highest BCUT2D eigenvalue weighted by atomic mass is 32.2. The van der Waals surface area contributed by atoms with Gasteiger partial charge in [-0.1, -0.05) is 30.3 Å². The minimum atomic E-state index is -3.67. The lowest BCUT2D eigenvalue weighted by Crippen LogP contribution is -2.55. The molecule has 12 heteroatoms. The van der Waals surface area contributed by atoms with Crippen molar-refractivity contribution in [1.29, 1.82) is 0 Å². The quantitative estimate of drug-likeness (QED) is 0.121. The molecule has 3 atom stereocenters. The smallest absolute Gasteiger partial charge is 0.243 e. The second kappa shape index (κ2) is 13.0. The van der Waals surface area contributed by atoms with E-state index in [-0.39, 0.29) is 18.1 Å². The van der Waals surface area contributed by atoms with Gasteiger partial charge in [0.05, 0.1) is 11.8 Å². The Morgan fingerprint density at radius 1 is 1.26 bits per heavy atom. The minimum absolute atomic E-state index is 0.0458. The van der Waals surface area contributed by atoms with Gasteiger partial charge in [0.1, 0.15) is 18.4 Å². The lowest BCUT2D eigenvalue weighted by atomic mass is 10.0. The van der Waals surface area contributed by atoms with Crippen molar-refractivity contribution in [3.05, 3.63) is 35.9 Å². The third-order valence-corrected chi connectivity index (χ3v) is 6.98. The third-order valence-electron chi connectivity index (χ3n) is 5.58. The Hall–Kier alpha value is -2.99. The Morgan fingerprint density at radius 2 is 1.97 bits per heavy atom. The number of rotatable bonds is 13. The highest BCUT2D eigenvalue weighted by Crippen LogP contribution is 2.20. The first kappa shape index (κ1) is 27.3. The topological polar surface area (TPSA) is 177 Å².